The van der Waals surface area contributed by atoms with Crippen LogP contribution in [0.25, 0.3) is 0 Å². The lowest BCUT2D eigenvalue weighted by molar-refractivity contribution is -0.125. The predicted molar refractivity (Wildman–Crippen MR) is 175 cm³/mol. The minimum atomic E-state index is -2.26. The number of allylic oxidation sites excluding steroid dienone is 2. The van der Waals surface area contributed by atoms with Gasteiger partial charge in [-0.25, -0.2) is 14.1 Å². The van der Waals surface area contributed by atoms with Crippen molar-refractivity contribution in [3.63, 3.8) is 0 Å². The average molecular weight is 758 g/mol. The van der Waals surface area contributed by atoms with Crippen molar-refractivity contribution >= 4 is 80.1 Å². The number of methoxy groups -OCH3 is 1. The normalized spacial score (nSPS) is 29.4. The van der Waals surface area contributed by atoms with E-state index < -0.39 is 68.8 Å². The summed E-state index contributed by atoms with van der Waals surface area (Å²) in [7, 11) is 1.33. The average Bonchev–Trinajstić information content (AvgIpc) is 3.40. The van der Waals surface area contributed by atoms with E-state index in [1.807, 2.05) is 0 Å². The molecule has 2 saturated heterocycles. The molecule has 246 valence electrons. The molecular weight excluding hydrogens is 734 g/mol. The van der Waals surface area contributed by atoms with Crippen LogP contribution in [0.2, 0.25) is 0 Å². The van der Waals surface area contributed by atoms with Crippen molar-refractivity contribution in [3.8, 4) is 11.5 Å². The second kappa shape index (κ2) is 11.1. The number of carboxylic acids is 1. The van der Waals surface area contributed by atoms with Crippen molar-refractivity contribution in [2.45, 2.75) is 28.5 Å². The van der Waals surface area contributed by atoms with Gasteiger partial charge in [-0.2, -0.15) is 0 Å². The molecule has 1 saturated carbocycles. The summed E-state index contributed by atoms with van der Waals surface area (Å²) in [6.45, 7) is 0. The van der Waals surface area contributed by atoms with Gasteiger partial charge in [0.2, 0.25) is 11.8 Å². The Morgan fingerprint density at radius 1 is 0.958 bits per heavy atom. The van der Waals surface area contributed by atoms with Crippen molar-refractivity contribution in [2.75, 3.05) is 16.9 Å². The Hall–Kier alpha value is -4.26. The molecule has 0 spiro atoms. The maximum Gasteiger partial charge on any atom is 0.335 e. The molecule has 10 nitrogen and oxygen atoms in total. The number of carbonyl (C=O) groups excluding carboxylic acids is 4. The van der Waals surface area contributed by atoms with Gasteiger partial charge in [0.15, 0.2) is 21.2 Å². The second-order valence-corrected chi connectivity index (χ2v) is 14.3. The fraction of sp³-hybridized carbons (Fsp3) is 0.265. The molecule has 6 atom stereocenters. The van der Waals surface area contributed by atoms with Gasteiger partial charge in [0.25, 0.3) is 11.8 Å². The first-order chi connectivity index (χ1) is 22.7. The van der Waals surface area contributed by atoms with E-state index in [-0.39, 0.29) is 46.8 Å². The van der Waals surface area contributed by atoms with E-state index in [9.17, 15) is 38.6 Å². The molecule has 0 radical (unpaired) electrons. The number of alkyl halides is 2. The van der Waals surface area contributed by atoms with Crippen molar-refractivity contribution in [1.82, 2.24) is 0 Å². The molecule has 14 heteroatoms. The Morgan fingerprint density at radius 3 is 2.33 bits per heavy atom. The lowest BCUT2D eigenvalue weighted by atomic mass is 9.56. The molecule has 2 heterocycles. The number of phenolic OH excluding ortho intramolecular Hbond substituents is 1. The van der Waals surface area contributed by atoms with Gasteiger partial charge in [-0.3, -0.25) is 24.1 Å². The van der Waals surface area contributed by atoms with Crippen molar-refractivity contribution < 1.29 is 43.3 Å². The lowest BCUT2D eigenvalue weighted by Gasteiger charge is -2.50. The Balaban J connectivity index is 1.42. The summed E-state index contributed by atoms with van der Waals surface area (Å²) in [4.78, 5) is 65.9. The number of amides is 4. The van der Waals surface area contributed by atoms with Gasteiger partial charge in [-0.15, -0.1) is 23.2 Å². The van der Waals surface area contributed by atoms with Crippen LogP contribution in [0.1, 0.15) is 34.7 Å². The number of anilines is 2. The molecule has 2 N–H and O–H groups in total. The minimum absolute atomic E-state index is 0.0158. The van der Waals surface area contributed by atoms with E-state index in [0.717, 1.165) is 21.9 Å². The molecule has 2 aliphatic heterocycles. The summed E-state index contributed by atoms with van der Waals surface area (Å²) >= 11 is 18.1. The number of imide groups is 2. The summed E-state index contributed by atoms with van der Waals surface area (Å²) < 4.78 is 19.7. The van der Waals surface area contributed by atoms with Crippen LogP contribution in [0, 0.1) is 23.6 Å². The van der Waals surface area contributed by atoms with Crippen molar-refractivity contribution in [3.05, 3.63) is 93.7 Å². The first kappa shape index (κ1) is 32.3. The Labute approximate surface area is 290 Å². The van der Waals surface area contributed by atoms with Gasteiger partial charge >= 0.3 is 5.97 Å². The summed E-state index contributed by atoms with van der Waals surface area (Å²) in [6.07, 6.45) is 1.41. The van der Waals surface area contributed by atoms with E-state index in [4.69, 9.17) is 27.9 Å². The lowest BCUT2D eigenvalue weighted by Crippen LogP contribution is -2.60. The van der Waals surface area contributed by atoms with E-state index in [2.05, 4.69) is 15.9 Å². The van der Waals surface area contributed by atoms with Crippen LogP contribution in [0.15, 0.2) is 76.8 Å². The summed E-state index contributed by atoms with van der Waals surface area (Å²) in [5.41, 5.74) is 0.468. The topological polar surface area (TPSA) is 142 Å². The number of hydrogen-bond donors (Lipinski definition) is 2. The number of fused-ring (bicyclic) bond motifs is 4. The maximum absolute atomic E-state index is 14.5. The Morgan fingerprint density at radius 2 is 1.67 bits per heavy atom. The van der Waals surface area contributed by atoms with Gasteiger partial charge in [-0.1, -0.05) is 33.6 Å². The van der Waals surface area contributed by atoms with Gasteiger partial charge in [0.1, 0.15) is 5.82 Å². The van der Waals surface area contributed by atoms with Gasteiger partial charge in [0, 0.05) is 16.0 Å². The van der Waals surface area contributed by atoms with E-state index in [1.54, 1.807) is 6.08 Å². The molecule has 3 fully saturated rings. The first-order valence-electron chi connectivity index (χ1n) is 14.7. The third kappa shape index (κ3) is 4.31. The van der Waals surface area contributed by atoms with E-state index in [0.29, 0.717) is 10.0 Å². The van der Waals surface area contributed by atoms with Gasteiger partial charge in [0.05, 0.1) is 35.9 Å². The van der Waals surface area contributed by atoms with Crippen molar-refractivity contribution in [1.29, 1.82) is 0 Å². The SMILES string of the molecule is COc1cc(Br)cc([C@H]2C3=CC[C@@H]4C(=O)N(c5cccc(C(=O)O)c5)C(=O)[C@@H]4[C@@H]3C[C@@]3(Cl)C(=O)N(c4ccc(F)cc4)C(=O)[C@@]23Cl)c1O. The third-order valence-corrected chi connectivity index (χ3v) is 11.7. The monoisotopic (exact) mass is 756 g/mol. The second-order valence-electron chi connectivity index (χ2n) is 12.2. The molecule has 0 bridgehead atoms. The number of hydrogen-bond acceptors (Lipinski definition) is 7. The standard InChI is InChI=1S/C34H24BrCl2FN2O8/c1-48-24-13-16(35)12-22(27(24)41)26-20-9-10-21-25(29(43)39(28(21)42)19-4-2-3-15(11-19)30(44)45)23(20)14-33(36)31(46)40(32(47)34(26,33)37)18-7-5-17(38)6-8-18/h2-9,11-13,21,23,25-26,41H,10,14H2,1H3,(H,44,45)/t21-,23+,25-,26+,33+,34-/m0/s1. The smallest absolute Gasteiger partial charge is 0.335 e. The van der Waals surface area contributed by atoms with Crippen molar-refractivity contribution in [2.24, 2.45) is 17.8 Å². The summed E-state index contributed by atoms with van der Waals surface area (Å²) in [5.74, 6) is -9.40. The van der Waals surface area contributed by atoms with Crippen LogP contribution in [0.3, 0.4) is 0 Å². The Kier molecular flexibility index (Phi) is 7.50. The number of carbonyl (C=O) groups is 5. The summed E-state index contributed by atoms with van der Waals surface area (Å²) in [6, 6.07) is 13.1. The fourth-order valence-corrected chi connectivity index (χ4v) is 9.13. The number of aromatic hydroxyl groups is 1. The first-order valence-corrected chi connectivity index (χ1v) is 16.3. The predicted octanol–water partition coefficient (Wildman–Crippen LogP) is 5.77. The number of ether oxygens (including phenoxy) is 1. The number of phenols is 1. The molecule has 2 aliphatic carbocycles. The molecule has 4 amide bonds. The number of halogens is 4. The van der Waals surface area contributed by atoms with Gasteiger partial charge in [-0.05, 0) is 73.4 Å². The molecule has 0 aromatic heterocycles. The van der Waals surface area contributed by atoms with Crippen LogP contribution in [0.4, 0.5) is 15.8 Å². The highest BCUT2D eigenvalue weighted by Crippen LogP contribution is 2.67. The molecule has 4 aliphatic rings. The largest absolute Gasteiger partial charge is 0.504 e. The number of nitrogens with zero attached hydrogens (tertiary/aromatic N) is 2. The fourth-order valence-electron chi connectivity index (χ4n) is 7.75. The van der Waals surface area contributed by atoms with Crippen LogP contribution in [-0.2, 0) is 19.2 Å². The zero-order valence-electron chi connectivity index (χ0n) is 24.8. The highest BCUT2D eigenvalue weighted by atomic mass is 79.9. The molecule has 7 rings (SSSR count). The zero-order chi connectivity index (χ0) is 34.4. The quantitative estimate of drug-likeness (QED) is 0.190. The number of aromatic carboxylic acids is 1. The van der Waals surface area contributed by atoms with Crippen LogP contribution >= 0.6 is 39.1 Å². The third-order valence-electron chi connectivity index (χ3n) is 9.85. The number of benzene rings is 3. The molecular formula is C34H24BrCl2FN2O8. The van der Waals surface area contributed by atoms with Crippen LogP contribution in [-0.4, -0.2) is 56.7 Å². The maximum atomic E-state index is 14.5. The molecule has 48 heavy (non-hydrogen) atoms. The molecule has 3 aromatic rings. The zero-order valence-corrected chi connectivity index (χ0v) is 27.9. The number of rotatable bonds is 5. The summed E-state index contributed by atoms with van der Waals surface area (Å²) in [5, 5.41) is 21.0. The Bertz CT molecular complexity index is 2010. The highest BCUT2D eigenvalue weighted by Gasteiger charge is 2.77. The van der Waals surface area contributed by atoms with E-state index >= 15 is 0 Å². The number of carboxylic acid groups (broad SMARTS) is 1. The highest BCUT2D eigenvalue weighted by molar-refractivity contribution is 9.10. The van der Waals surface area contributed by atoms with E-state index in [1.165, 1.54) is 55.6 Å². The molecule has 3 aromatic carbocycles. The molecule has 0 unspecified atom stereocenters. The van der Waals surface area contributed by atoms with Crippen LogP contribution in [0.5, 0.6) is 11.5 Å². The van der Waals surface area contributed by atoms with Crippen LogP contribution < -0.4 is 14.5 Å². The minimum Gasteiger partial charge on any atom is -0.504 e. The van der Waals surface area contributed by atoms with Gasteiger partial charge < -0.3 is 14.9 Å².